The molecule has 4 nitrogen and oxygen atoms in total. The van der Waals surface area contributed by atoms with Crippen LogP contribution in [-0.2, 0) is 0 Å². The highest BCUT2D eigenvalue weighted by Gasteiger charge is 2.16. The third kappa shape index (κ3) is 4.82. The Morgan fingerprint density at radius 2 is 1.89 bits per heavy atom. The van der Waals surface area contributed by atoms with Gasteiger partial charge in [0.25, 0.3) is 0 Å². The van der Waals surface area contributed by atoms with Gasteiger partial charge in [0.2, 0.25) is 0 Å². The first kappa shape index (κ1) is 16.0. The topological polar surface area (TPSA) is 67.5 Å². The van der Waals surface area contributed by atoms with E-state index >= 15 is 0 Å². The normalized spacial score (nSPS) is 15.8. The lowest BCUT2D eigenvalue weighted by Gasteiger charge is -2.26. The average molecular weight is 266 g/mol. The second kappa shape index (κ2) is 8.15. The van der Waals surface area contributed by atoms with E-state index in [0.29, 0.717) is 13.2 Å². The number of aliphatic hydroxyl groups is 1. The molecule has 3 atom stereocenters. The van der Waals surface area contributed by atoms with Crippen molar-refractivity contribution in [2.75, 3.05) is 19.8 Å². The smallest absolute Gasteiger partial charge is 0.119 e. The van der Waals surface area contributed by atoms with Gasteiger partial charge in [-0.15, -0.1) is 0 Å². The van der Waals surface area contributed by atoms with Crippen LogP contribution in [0.15, 0.2) is 24.3 Å². The van der Waals surface area contributed by atoms with E-state index < -0.39 is 0 Å². The highest BCUT2D eigenvalue weighted by atomic mass is 16.5. The van der Waals surface area contributed by atoms with Crippen LogP contribution in [0, 0.1) is 5.92 Å². The summed E-state index contributed by atoms with van der Waals surface area (Å²) in [5, 5.41) is 12.6. The lowest BCUT2D eigenvalue weighted by molar-refractivity contribution is 0.201. The highest BCUT2D eigenvalue weighted by molar-refractivity contribution is 5.29. The Morgan fingerprint density at radius 1 is 1.26 bits per heavy atom. The minimum absolute atomic E-state index is 0.0969. The first-order valence-electron chi connectivity index (χ1n) is 6.92. The van der Waals surface area contributed by atoms with Gasteiger partial charge in [0.05, 0.1) is 6.61 Å². The number of hydrogen-bond acceptors (Lipinski definition) is 4. The van der Waals surface area contributed by atoms with Gasteiger partial charge < -0.3 is 20.9 Å². The number of nitrogens with two attached hydrogens (primary N) is 1. The Hall–Kier alpha value is -1.10. The number of benzene rings is 1. The molecule has 19 heavy (non-hydrogen) atoms. The van der Waals surface area contributed by atoms with Gasteiger partial charge >= 0.3 is 0 Å². The number of hydrogen-bond donors (Lipinski definition) is 3. The van der Waals surface area contributed by atoms with Crippen LogP contribution in [-0.4, -0.2) is 30.9 Å². The number of nitrogens with one attached hydrogen (secondary N) is 1. The van der Waals surface area contributed by atoms with E-state index in [-0.39, 0.29) is 24.6 Å². The van der Waals surface area contributed by atoms with Gasteiger partial charge in [-0.25, -0.2) is 0 Å². The Balaban J connectivity index is 2.68. The highest BCUT2D eigenvalue weighted by Crippen LogP contribution is 2.18. The fourth-order valence-corrected chi connectivity index (χ4v) is 1.90. The minimum atomic E-state index is 0.0969. The van der Waals surface area contributed by atoms with Crippen LogP contribution >= 0.6 is 0 Å². The Bertz CT molecular complexity index is 354. The predicted octanol–water partition coefficient (Wildman–Crippen LogP) is 1.69. The van der Waals surface area contributed by atoms with E-state index in [1.807, 2.05) is 38.1 Å². The van der Waals surface area contributed by atoms with E-state index in [4.69, 9.17) is 15.6 Å². The van der Waals surface area contributed by atoms with Gasteiger partial charge in [-0.1, -0.05) is 19.1 Å². The molecule has 0 radical (unpaired) electrons. The fourth-order valence-electron chi connectivity index (χ4n) is 1.90. The second-order valence-electron chi connectivity index (χ2n) is 4.91. The van der Waals surface area contributed by atoms with Gasteiger partial charge in [0.1, 0.15) is 5.75 Å². The third-order valence-corrected chi connectivity index (χ3v) is 3.43. The summed E-state index contributed by atoms with van der Waals surface area (Å²) in [4.78, 5) is 0. The van der Waals surface area contributed by atoms with Crippen molar-refractivity contribution in [2.24, 2.45) is 11.7 Å². The van der Waals surface area contributed by atoms with Crippen molar-refractivity contribution in [3.05, 3.63) is 29.8 Å². The predicted molar refractivity (Wildman–Crippen MR) is 78.3 cm³/mol. The van der Waals surface area contributed by atoms with E-state index in [0.717, 1.165) is 11.3 Å². The van der Waals surface area contributed by atoms with Crippen molar-refractivity contribution in [1.29, 1.82) is 0 Å². The summed E-state index contributed by atoms with van der Waals surface area (Å²) in [5.74, 6) is 1.08. The first-order chi connectivity index (χ1) is 9.12. The Morgan fingerprint density at radius 3 is 2.37 bits per heavy atom. The molecule has 0 aliphatic carbocycles. The molecule has 0 fully saturated rings. The van der Waals surface area contributed by atoms with E-state index in [2.05, 4.69) is 12.2 Å². The zero-order valence-corrected chi connectivity index (χ0v) is 12.1. The lowest BCUT2D eigenvalue weighted by Crippen LogP contribution is -2.39. The van der Waals surface area contributed by atoms with Gasteiger partial charge in [-0.2, -0.15) is 0 Å². The summed E-state index contributed by atoms with van der Waals surface area (Å²) >= 11 is 0. The monoisotopic (exact) mass is 266 g/mol. The van der Waals surface area contributed by atoms with E-state index in [1.165, 1.54) is 0 Å². The Labute approximate surface area is 116 Å². The van der Waals surface area contributed by atoms with Crippen molar-refractivity contribution < 1.29 is 9.84 Å². The van der Waals surface area contributed by atoms with Crippen molar-refractivity contribution in [3.8, 4) is 5.75 Å². The maximum atomic E-state index is 9.17. The molecular weight excluding hydrogens is 240 g/mol. The standard InChI is InChI=1S/C15H26N2O2/c1-4-19-14-7-5-13(6-8-14)15(9-16)17-12(3)11(2)10-18/h5-8,11-12,15,17-18H,4,9-10,16H2,1-3H3. The molecule has 0 aromatic heterocycles. The van der Waals surface area contributed by atoms with Crippen molar-refractivity contribution in [2.45, 2.75) is 32.9 Å². The summed E-state index contributed by atoms with van der Waals surface area (Å²) in [6, 6.07) is 8.30. The summed E-state index contributed by atoms with van der Waals surface area (Å²) < 4.78 is 5.43. The van der Waals surface area contributed by atoms with Crippen LogP contribution in [0.25, 0.3) is 0 Å². The van der Waals surface area contributed by atoms with Crippen LogP contribution in [0.1, 0.15) is 32.4 Å². The maximum absolute atomic E-state index is 9.17. The molecule has 1 rings (SSSR count). The van der Waals surface area contributed by atoms with Crippen LogP contribution in [0.4, 0.5) is 0 Å². The molecule has 3 unspecified atom stereocenters. The maximum Gasteiger partial charge on any atom is 0.119 e. The van der Waals surface area contributed by atoms with Crippen LogP contribution < -0.4 is 15.8 Å². The average Bonchev–Trinajstić information content (AvgIpc) is 2.45. The molecule has 0 bridgehead atoms. The quantitative estimate of drug-likeness (QED) is 0.670. The third-order valence-electron chi connectivity index (χ3n) is 3.43. The van der Waals surface area contributed by atoms with Gasteiger partial charge in [-0.3, -0.25) is 0 Å². The zero-order valence-electron chi connectivity index (χ0n) is 12.1. The molecule has 0 saturated heterocycles. The fraction of sp³-hybridized carbons (Fsp3) is 0.600. The second-order valence-corrected chi connectivity index (χ2v) is 4.91. The number of ether oxygens (including phenoxy) is 1. The summed E-state index contributed by atoms with van der Waals surface area (Å²) in [5.41, 5.74) is 6.98. The molecule has 4 N–H and O–H groups in total. The van der Waals surface area contributed by atoms with E-state index in [1.54, 1.807) is 0 Å². The lowest BCUT2D eigenvalue weighted by atomic mass is 10.0. The summed E-state index contributed by atoms with van der Waals surface area (Å²) in [6.07, 6.45) is 0. The largest absolute Gasteiger partial charge is 0.494 e. The molecule has 0 amide bonds. The van der Waals surface area contributed by atoms with Gasteiger partial charge in [0.15, 0.2) is 0 Å². The SMILES string of the molecule is CCOc1ccc(C(CN)NC(C)C(C)CO)cc1. The molecule has 0 aliphatic rings. The van der Waals surface area contributed by atoms with Gasteiger partial charge in [-0.05, 0) is 37.5 Å². The van der Waals surface area contributed by atoms with Crippen LogP contribution in [0.5, 0.6) is 5.75 Å². The number of aliphatic hydroxyl groups excluding tert-OH is 1. The van der Waals surface area contributed by atoms with Crippen molar-refractivity contribution in [3.63, 3.8) is 0 Å². The molecule has 0 aliphatic heterocycles. The van der Waals surface area contributed by atoms with E-state index in [9.17, 15) is 0 Å². The molecule has 0 saturated carbocycles. The molecule has 108 valence electrons. The van der Waals surface area contributed by atoms with Crippen molar-refractivity contribution >= 4 is 0 Å². The minimum Gasteiger partial charge on any atom is -0.494 e. The first-order valence-corrected chi connectivity index (χ1v) is 6.92. The summed E-state index contributed by atoms with van der Waals surface area (Å²) in [7, 11) is 0. The number of rotatable bonds is 8. The van der Waals surface area contributed by atoms with Crippen LogP contribution in [0.3, 0.4) is 0 Å². The van der Waals surface area contributed by atoms with Crippen LogP contribution in [0.2, 0.25) is 0 Å². The Kier molecular flexibility index (Phi) is 6.84. The zero-order chi connectivity index (χ0) is 14.3. The molecule has 1 aromatic carbocycles. The molecular formula is C15H26N2O2. The molecule has 1 aromatic rings. The molecule has 4 heteroatoms. The van der Waals surface area contributed by atoms with Gasteiger partial charge in [0, 0.05) is 25.2 Å². The van der Waals surface area contributed by atoms with Crippen molar-refractivity contribution in [1.82, 2.24) is 5.32 Å². The summed E-state index contributed by atoms with van der Waals surface area (Å²) in [6.45, 7) is 7.42. The molecule has 0 spiro atoms. The molecule has 0 heterocycles.